The average molecular weight is 361 g/mol. The zero-order valence-corrected chi connectivity index (χ0v) is 14.7. The van der Waals surface area contributed by atoms with Crippen molar-refractivity contribution < 1.29 is 28.9 Å². The molecule has 0 radical (unpaired) electrons. The van der Waals surface area contributed by atoms with Gasteiger partial charge in [-0.25, -0.2) is 14.0 Å². The zero-order chi connectivity index (χ0) is 19.5. The van der Waals surface area contributed by atoms with Crippen molar-refractivity contribution in [2.24, 2.45) is 0 Å². The van der Waals surface area contributed by atoms with Gasteiger partial charge in [-0.3, -0.25) is 0 Å². The van der Waals surface area contributed by atoms with Crippen LogP contribution in [0.15, 0.2) is 36.4 Å². The minimum atomic E-state index is -1.37. The second kappa shape index (κ2) is 7.43. The van der Waals surface area contributed by atoms with E-state index in [4.69, 9.17) is 9.84 Å². The number of carbonyl (C=O) groups excluding carboxylic acids is 1. The third-order valence-corrected chi connectivity index (χ3v) is 3.43. The number of nitrogens with one attached hydrogen (secondary N) is 1. The van der Waals surface area contributed by atoms with Crippen LogP contribution in [0.1, 0.15) is 36.7 Å². The fraction of sp³-hybridized carbons (Fsp3) is 0.263. The highest BCUT2D eigenvalue weighted by Gasteiger charge is 2.17. The van der Waals surface area contributed by atoms with Crippen LogP contribution in [0.5, 0.6) is 5.75 Å². The summed E-state index contributed by atoms with van der Waals surface area (Å²) in [6.07, 6.45) is -0.628. The van der Waals surface area contributed by atoms with Crippen molar-refractivity contribution in [2.45, 2.75) is 32.9 Å². The fourth-order valence-electron chi connectivity index (χ4n) is 2.26. The SMILES string of the molecule is CC(C)(C)OC(=O)NCc1cc(-c2ccc(F)c(C(=O)O)c2)ccc1O. The predicted octanol–water partition coefficient (Wildman–Crippen LogP) is 3.92. The first-order chi connectivity index (χ1) is 12.1. The second-order valence-electron chi connectivity index (χ2n) is 6.70. The van der Waals surface area contributed by atoms with Crippen molar-refractivity contribution in [3.05, 3.63) is 53.3 Å². The molecule has 7 heteroatoms. The number of ether oxygens (including phenoxy) is 1. The van der Waals surface area contributed by atoms with Crippen molar-refractivity contribution in [3.63, 3.8) is 0 Å². The van der Waals surface area contributed by atoms with Crippen molar-refractivity contribution in [3.8, 4) is 16.9 Å². The lowest BCUT2D eigenvalue weighted by Gasteiger charge is -2.20. The van der Waals surface area contributed by atoms with Crippen molar-refractivity contribution in [2.75, 3.05) is 0 Å². The monoisotopic (exact) mass is 361 g/mol. The number of hydrogen-bond acceptors (Lipinski definition) is 4. The molecule has 1 amide bonds. The van der Waals surface area contributed by atoms with Gasteiger partial charge in [0.25, 0.3) is 0 Å². The van der Waals surface area contributed by atoms with Crippen LogP contribution in [-0.2, 0) is 11.3 Å². The van der Waals surface area contributed by atoms with Crippen LogP contribution in [0.2, 0.25) is 0 Å². The number of phenols is 1. The number of carbonyl (C=O) groups is 2. The first-order valence-corrected chi connectivity index (χ1v) is 7.89. The Morgan fingerprint density at radius 3 is 2.35 bits per heavy atom. The van der Waals surface area contributed by atoms with Gasteiger partial charge < -0.3 is 20.3 Å². The molecule has 0 bridgehead atoms. The van der Waals surface area contributed by atoms with E-state index in [0.717, 1.165) is 6.07 Å². The fourth-order valence-corrected chi connectivity index (χ4v) is 2.26. The average Bonchev–Trinajstić information content (AvgIpc) is 2.53. The lowest BCUT2D eigenvalue weighted by atomic mass is 10.00. The molecule has 0 spiro atoms. The molecule has 2 aromatic carbocycles. The van der Waals surface area contributed by atoms with Crippen LogP contribution in [0, 0.1) is 5.82 Å². The number of rotatable bonds is 4. The molecule has 0 aliphatic carbocycles. The maximum absolute atomic E-state index is 13.5. The molecule has 0 aliphatic rings. The Hall–Kier alpha value is -3.09. The van der Waals surface area contributed by atoms with Gasteiger partial charge in [0.1, 0.15) is 17.2 Å². The van der Waals surface area contributed by atoms with E-state index >= 15 is 0 Å². The molecule has 3 N–H and O–H groups in total. The summed E-state index contributed by atoms with van der Waals surface area (Å²) in [5.41, 5.74) is 0.377. The number of carboxylic acids is 1. The number of benzene rings is 2. The molecule has 0 fully saturated rings. The lowest BCUT2D eigenvalue weighted by molar-refractivity contribution is 0.0522. The van der Waals surface area contributed by atoms with Gasteiger partial charge in [-0.05, 0) is 56.2 Å². The summed E-state index contributed by atoms with van der Waals surface area (Å²) in [5.74, 6) is -2.23. The van der Waals surface area contributed by atoms with Gasteiger partial charge in [0.05, 0.1) is 5.56 Å². The van der Waals surface area contributed by atoms with Crippen LogP contribution < -0.4 is 5.32 Å². The number of hydrogen-bond donors (Lipinski definition) is 3. The third-order valence-electron chi connectivity index (χ3n) is 3.43. The third kappa shape index (κ3) is 4.95. The molecule has 0 aliphatic heterocycles. The number of phenolic OH excluding ortho intramolecular Hbond substituents is 1. The summed E-state index contributed by atoms with van der Waals surface area (Å²) in [4.78, 5) is 22.8. The van der Waals surface area contributed by atoms with E-state index in [0.29, 0.717) is 16.7 Å². The molecule has 6 nitrogen and oxygen atoms in total. The lowest BCUT2D eigenvalue weighted by Crippen LogP contribution is -2.32. The van der Waals surface area contributed by atoms with Gasteiger partial charge in [-0.1, -0.05) is 12.1 Å². The summed E-state index contributed by atoms with van der Waals surface area (Å²) in [7, 11) is 0. The van der Waals surface area contributed by atoms with E-state index in [1.54, 1.807) is 32.9 Å². The first kappa shape index (κ1) is 19.2. The molecular formula is C19H20FNO5. The molecule has 0 atom stereocenters. The number of amides is 1. The van der Waals surface area contributed by atoms with E-state index in [1.165, 1.54) is 18.2 Å². The quantitative estimate of drug-likeness (QED) is 0.767. The molecule has 0 unspecified atom stereocenters. The Labute approximate surface area is 150 Å². The number of alkyl carbamates (subject to hydrolysis) is 1. The minimum absolute atomic E-state index is 0.0154. The molecule has 0 aromatic heterocycles. The van der Waals surface area contributed by atoms with Crippen LogP contribution in [0.4, 0.5) is 9.18 Å². The summed E-state index contributed by atoms with van der Waals surface area (Å²) in [6.45, 7) is 5.22. The Kier molecular flexibility index (Phi) is 5.50. The molecular weight excluding hydrogens is 341 g/mol. The van der Waals surface area contributed by atoms with Crippen LogP contribution in [0.3, 0.4) is 0 Å². The highest BCUT2D eigenvalue weighted by atomic mass is 19.1. The van der Waals surface area contributed by atoms with Crippen LogP contribution in [-0.4, -0.2) is 27.9 Å². The van der Waals surface area contributed by atoms with E-state index in [2.05, 4.69) is 5.32 Å². The Bertz CT molecular complexity index is 842. The molecule has 26 heavy (non-hydrogen) atoms. The molecule has 0 saturated carbocycles. The van der Waals surface area contributed by atoms with E-state index in [9.17, 15) is 19.1 Å². The normalized spacial score (nSPS) is 11.1. The maximum Gasteiger partial charge on any atom is 0.407 e. The topological polar surface area (TPSA) is 95.9 Å². The Balaban J connectivity index is 2.23. The molecule has 0 heterocycles. The van der Waals surface area contributed by atoms with Crippen molar-refractivity contribution in [1.82, 2.24) is 5.32 Å². The smallest absolute Gasteiger partial charge is 0.407 e. The van der Waals surface area contributed by atoms with E-state index in [1.807, 2.05) is 0 Å². The Morgan fingerprint density at radius 2 is 1.73 bits per heavy atom. The minimum Gasteiger partial charge on any atom is -0.508 e. The number of halogens is 1. The highest BCUT2D eigenvalue weighted by Crippen LogP contribution is 2.27. The summed E-state index contributed by atoms with van der Waals surface area (Å²) >= 11 is 0. The van der Waals surface area contributed by atoms with Gasteiger partial charge >= 0.3 is 12.1 Å². The van der Waals surface area contributed by atoms with E-state index < -0.39 is 29.0 Å². The van der Waals surface area contributed by atoms with Crippen LogP contribution >= 0.6 is 0 Å². The number of carboxylic acid groups (broad SMARTS) is 1. The van der Waals surface area contributed by atoms with Gasteiger partial charge in [-0.15, -0.1) is 0 Å². The van der Waals surface area contributed by atoms with Gasteiger partial charge in [0.2, 0.25) is 0 Å². The van der Waals surface area contributed by atoms with E-state index in [-0.39, 0.29) is 12.3 Å². The highest BCUT2D eigenvalue weighted by molar-refractivity contribution is 5.89. The molecule has 138 valence electrons. The standard InChI is InChI=1S/C19H20FNO5/c1-19(2,3)26-18(25)21-10-13-8-11(5-7-16(13)22)12-4-6-15(20)14(9-12)17(23)24/h4-9,22H,10H2,1-3H3,(H,21,25)(H,23,24). The molecule has 2 aromatic rings. The molecule has 2 rings (SSSR count). The summed E-state index contributed by atoms with van der Waals surface area (Å²) in [6, 6.07) is 8.32. The number of aromatic hydroxyl groups is 1. The second-order valence-corrected chi connectivity index (χ2v) is 6.70. The summed E-state index contributed by atoms with van der Waals surface area (Å²) < 4.78 is 18.7. The van der Waals surface area contributed by atoms with Crippen LogP contribution in [0.25, 0.3) is 11.1 Å². The molecule has 0 saturated heterocycles. The van der Waals surface area contributed by atoms with Gasteiger partial charge in [0.15, 0.2) is 0 Å². The summed E-state index contributed by atoms with van der Waals surface area (Å²) in [5, 5.41) is 21.5. The maximum atomic E-state index is 13.5. The van der Waals surface area contributed by atoms with Gasteiger partial charge in [0, 0.05) is 12.1 Å². The van der Waals surface area contributed by atoms with Crippen molar-refractivity contribution in [1.29, 1.82) is 0 Å². The largest absolute Gasteiger partial charge is 0.508 e. The van der Waals surface area contributed by atoms with Gasteiger partial charge in [-0.2, -0.15) is 0 Å². The zero-order valence-electron chi connectivity index (χ0n) is 14.7. The first-order valence-electron chi connectivity index (χ1n) is 7.89. The predicted molar refractivity (Wildman–Crippen MR) is 93.5 cm³/mol. The van der Waals surface area contributed by atoms with Crippen molar-refractivity contribution >= 4 is 12.1 Å². The Morgan fingerprint density at radius 1 is 1.12 bits per heavy atom. The number of aromatic carboxylic acids is 1.